The summed E-state index contributed by atoms with van der Waals surface area (Å²) in [4.78, 5) is 29.1. The SMILES string of the molecule is Cc1ccc(S(=O)(=O)N(CC(=O)N(Cc2ccccc2C)C(C)C(=O)NC2CCCC2)c2cc(Cl)ccc2C)cc1. The van der Waals surface area contributed by atoms with Crippen LogP contribution in [0.5, 0.6) is 0 Å². The van der Waals surface area contributed by atoms with Gasteiger partial charge in [-0.15, -0.1) is 0 Å². The van der Waals surface area contributed by atoms with Gasteiger partial charge in [-0.3, -0.25) is 13.9 Å². The predicted octanol–water partition coefficient (Wildman–Crippen LogP) is 5.94. The quantitative estimate of drug-likeness (QED) is 0.314. The Balaban J connectivity index is 1.73. The molecule has 41 heavy (non-hydrogen) atoms. The normalized spacial score (nSPS) is 14.5. The number of amides is 2. The summed E-state index contributed by atoms with van der Waals surface area (Å²) >= 11 is 6.30. The number of nitrogens with zero attached hydrogens (tertiary/aromatic N) is 2. The van der Waals surface area contributed by atoms with Gasteiger partial charge in [0, 0.05) is 17.6 Å². The summed E-state index contributed by atoms with van der Waals surface area (Å²) in [6.45, 7) is 6.97. The van der Waals surface area contributed by atoms with Crippen LogP contribution in [-0.2, 0) is 26.2 Å². The van der Waals surface area contributed by atoms with E-state index in [0.717, 1.165) is 46.7 Å². The smallest absolute Gasteiger partial charge is 0.264 e. The van der Waals surface area contributed by atoms with E-state index in [2.05, 4.69) is 5.32 Å². The molecule has 1 atom stereocenters. The molecule has 0 bridgehead atoms. The van der Waals surface area contributed by atoms with E-state index in [-0.39, 0.29) is 23.4 Å². The Bertz CT molecular complexity index is 1500. The number of anilines is 1. The fourth-order valence-corrected chi connectivity index (χ4v) is 6.78. The lowest BCUT2D eigenvalue weighted by Gasteiger charge is -2.33. The van der Waals surface area contributed by atoms with Gasteiger partial charge in [-0.1, -0.05) is 72.5 Å². The van der Waals surface area contributed by atoms with Gasteiger partial charge in [0.05, 0.1) is 10.6 Å². The molecule has 1 N–H and O–H groups in total. The molecule has 0 radical (unpaired) electrons. The van der Waals surface area contributed by atoms with Gasteiger partial charge < -0.3 is 10.2 Å². The highest BCUT2D eigenvalue weighted by molar-refractivity contribution is 7.92. The molecular weight excluding hydrogens is 558 g/mol. The number of hydrogen-bond acceptors (Lipinski definition) is 4. The molecule has 7 nitrogen and oxygen atoms in total. The number of carbonyl (C=O) groups excluding carboxylic acids is 2. The van der Waals surface area contributed by atoms with E-state index in [1.807, 2.05) is 38.1 Å². The molecule has 0 aromatic heterocycles. The minimum absolute atomic E-state index is 0.0627. The van der Waals surface area contributed by atoms with Crippen LogP contribution in [0.4, 0.5) is 5.69 Å². The van der Waals surface area contributed by atoms with Crippen LogP contribution < -0.4 is 9.62 Å². The Morgan fingerprint density at radius 1 is 0.951 bits per heavy atom. The number of carbonyl (C=O) groups is 2. The molecule has 0 heterocycles. The minimum Gasteiger partial charge on any atom is -0.352 e. The fourth-order valence-electron chi connectivity index (χ4n) is 5.15. The van der Waals surface area contributed by atoms with Gasteiger partial charge in [0.25, 0.3) is 10.0 Å². The highest BCUT2D eigenvalue weighted by atomic mass is 35.5. The second kappa shape index (κ2) is 13.1. The van der Waals surface area contributed by atoms with Crippen molar-refractivity contribution in [3.63, 3.8) is 0 Å². The van der Waals surface area contributed by atoms with Crippen molar-refractivity contribution in [3.8, 4) is 0 Å². The number of halogens is 1. The largest absolute Gasteiger partial charge is 0.352 e. The van der Waals surface area contributed by atoms with E-state index >= 15 is 0 Å². The van der Waals surface area contributed by atoms with Crippen molar-refractivity contribution in [2.75, 3.05) is 10.8 Å². The zero-order valence-corrected chi connectivity index (χ0v) is 25.6. The third-order valence-electron chi connectivity index (χ3n) is 7.80. The van der Waals surface area contributed by atoms with Crippen LogP contribution in [0.15, 0.2) is 71.6 Å². The van der Waals surface area contributed by atoms with Gasteiger partial charge in [-0.2, -0.15) is 0 Å². The van der Waals surface area contributed by atoms with E-state index in [9.17, 15) is 18.0 Å². The molecule has 3 aromatic rings. The van der Waals surface area contributed by atoms with Gasteiger partial charge >= 0.3 is 0 Å². The second-order valence-corrected chi connectivity index (χ2v) is 13.2. The van der Waals surface area contributed by atoms with Gasteiger partial charge in [0.2, 0.25) is 11.8 Å². The zero-order chi connectivity index (χ0) is 29.7. The van der Waals surface area contributed by atoms with Crippen molar-refractivity contribution in [3.05, 3.63) is 94.0 Å². The van der Waals surface area contributed by atoms with Crippen molar-refractivity contribution in [1.82, 2.24) is 10.2 Å². The third kappa shape index (κ3) is 7.29. The maximum Gasteiger partial charge on any atom is 0.264 e. The molecule has 0 saturated heterocycles. The Hall–Kier alpha value is -3.36. The van der Waals surface area contributed by atoms with Crippen molar-refractivity contribution in [2.24, 2.45) is 0 Å². The summed E-state index contributed by atoms with van der Waals surface area (Å²) < 4.78 is 29.2. The lowest BCUT2D eigenvalue weighted by atomic mass is 10.1. The van der Waals surface area contributed by atoms with Crippen LogP contribution in [0.2, 0.25) is 5.02 Å². The third-order valence-corrected chi connectivity index (χ3v) is 9.81. The molecule has 1 unspecified atom stereocenters. The van der Waals surface area contributed by atoms with Gasteiger partial charge in [0.15, 0.2) is 0 Å². The highest BCUT2D eigenvalue weighted by Crippen LogP contribution is 2.30. The van der Waals surface area contributed by atoms with Crippen molar-refractivity contribution < 1.29 is 18.0 Å². The molecule has 9 heteroatoms. The Morgan fingerprint density at radius 3 is 2.27 bits per heavy atom. The summed E-state index contributed by atoms with van der Waals surface area (Å²) in [5.74, 6) is -0.733. The van der Waals surface area contributed by atoms with Crippen LogP contribution >= 0.6 is 11.6 Å². The number of rotatable bonds is 10. The lowest BCUT2D eigenvalue weighted by molar-refractivity contribution is -0.139. The summed E-state index contributed by atoms with van der Waals surface area (Å²) in [5, 5.41) is 3.45. The second-order valence-electron chi connectivity index (χ2n) is 10.9. The molecule has 0 aliphatic heterocycles. The first-order chi connectivity index (χ1) is 19.5. The summed E-state index contributed by atoms with van der Waals surface area (Å²) in [5.41, 5.74) is 3.73. The highest BCUT2D eigenvalue weighted by Gasteiger charge is 2.34. The fraction of sp³-hybridized carbons (Fsp3) is 0.375. The van der Waals surface area contributed by atoms with Crippen molar-refractivity contribution in [2.45, 2.75) is 76.9 Å². The average molecular weight is 596 g/mol. The van der Waals surface area contributed by atoms with Crippen LogP contribution in [0, 0.1) is 20.8 Å². The Kier molecular flexibility index (Phi) is 9.76. The van der Waals surface area contributed by atoms with Crippen LogP contribution in [-0.4, -0.2) is 43.8 Å². The van der Waals surface area contributed by atoms with Gasteiger partial charge in [-0.25, -0.2) is 8.42 Å². The van der Waals surface area contributed by atoms with Crippen molar-refractivity contribution >= 4 is 39.1 Å². The number of benzene rings is 3. The molecule has 1 fully saturated rings. The average Bonchev–Trinajstić information content (AvgIpc) is 3.45. The standard InChI is InChI=1S/C32H38ClN3O4S/c1-22-13-17-29(18-14-22)41(39,40)36(30-19-27(33)16-15-24(30)3)21-31(37)35(20-26-10-6-5-9-23(26)2)25(4)32(38)34-28-11-7-8-12-28/h5-6,9-10,13-19,25,28H,7-8,11-12,20-21H2,1-4H3,(H,34,38). The summed E-state index contributed by atoms with van der Waals surface area (Å²) in [7, 11) is -4.16. The molecule has 1 aliphatic carbocycles. The first-order valence-corrected chi connectivity index (χ1v) is 15.8. The van der Waals surface area contributed by atoms with Gasteiger partial charge in [-0.05, 0) is 81.5 Å². The maximum absolute atomic E-state index is 14.2. The molecule has 218 valence electrons. The topological polar surface area (TPSA) is 86.8 Å². The van der Waals surface area contributed by atoms with E-state index in [1.54, 1.807) is 44.2 Å². The minimum atomic E-state index is -4.16. The molecule has 1 saturated carbocycles. The first kappa shape index (κ1) is 30.6. The number of hydrogen-bond donors (Lipinski definition) is 1. The summed E-state index contributed by atoms with van der Waals surface area (Å²) in [6.07, 6.45) is 3.97. The van der Waals surface area contributed by atoms with Crippen LogP contribution in [0.1, 0.15) is 54.9 Å². The van der Waals surface area contributed by atoms with E-state index < -0.39 is 28.5 Å². The molecule has 2 amide bonds. The molecule has 3 aromatic carbocycles. The molecule has 0 spiro atoms. The Labute approximate surface area is 248 Å². The van der Waals surface area contributed by atoms with Crippen molar-refractivity contribution in [1.29, 1.82) is 0 Å². The Morgan fingerprint density at radius 2 is 1.61 bits per heavy atom. The number of sulfonamides is 1. The van der Waals surface area contributed by atoms with E-state index in [0.29, 0.717) is 16.3 Å². The first-order valence-electron chi connectivity index (χ1n) is 14.0. The van der Waals surface area contributed by atoms with Gasteiger partial charge in [0.1, 0.15) is 12.6 Å². The number of aryl methyl sites for hydroxylation is 3. The lowest BCUT2D eigenvalue weighted by Crippen LogP contribution is -2.52. The number of nitrogens with one attached hydrogen (secondary N) is 1. The molecular formula is C32H38ClN3O4S. The molecule has 4 rings (SSSR count). The van der Waals surface area contributed by atoms with Crippen LogP contribution in [0.3, 0.4) is 0 Å². The molecule has 1 aliphatic rings. The van der Waals surface area contributed by atoms with Crippen LogP contribution in [0.25, 0.3) is 0 Å². The maximum atomic E-state index is 14.2. The van der Waals surface area contributed by atoms with E-state index in [4.69, 9.17) is 11.6 Å². The predicted molar refractivity (Wildman–Crippen MR) is 163 cm³/mol. The zero-order valence-electron chi connectivity index (χ0n) is 24.1. The van der Waals surface area contributed by atoms with E-state index in [1.165, 1.54) is 17.0 Å². The summed E-state index contributed by atoms with van der Waals surface area (Å²) in [6, 6.07) is 18.4. The monoisotopic (exact) mass is 595 g/mol.